The van der Waals surface area contributed by atoms with Gasteiger partial charge in [-0.05, 0) is 64.8 Å². The second-order valence-electron chi connectivity index (χ2n) is 7.99. The van der Waals surface area contributed by atoms with E-state index in [4.69, 9.17) is 4.74 Å². The minimum atomic E-state index is -0.255. The highest BCUT2D eigenvalue weighted by atomic mass is 16.5. The summed E-state index contributed by atoms with van der Waals surface area (Å²) < 4.78 is 6.22. The summed E-state index contributed by atoms with van der Waals surface area (Å²) in [5, 5.41) is 0. The number of hydrogen-bond donors (Lipinski definition) is 0. The molecule has 0 aromatic carbocycles. The number of ether oxygens (including phenoxy) is 1. The van der Waals surface area contributed by atoms with Gasteiger partial charge in [-0.25, -0.2) is 24.9 Å². The molecule has 2 atom stereocenters. The zero-order valence-corrected chi connectivity index (χ0v) is 20.2. The van der Waals surface area contributed by atoms with E-state index in [0.29, 0.717) is 36.1 Å². The van der Waals surface area contributed by atoms with Crippen molar-refractivity contribution >= 4 is 5.91 Å². The maximum atomic E-state index is 13.8. The molecule has 3 rings (SSSR count). The maximum absolute atomic E-state index is 13.8. The number of hydrogen-bond acceptors (Lipinski definition) is 7. The van der Waals surface area contributed by atoms with Crippen molar-refractivity contribution < 1.29 is 9.53 Å². The van der Waals surface area contributed by atoms with Crippen molar-refractivity contribution in [3.63, 3.8) is 0 Å². The van der Waals surface area contributed by atoms with E-state index in [1.807, 2.05) is 51.7 Å². The second kappa shape index (κ2) is 10.9. The molecule has 3 heterocycles. The lowest BCUT2D eigenvalue weighted by Gasteiger charge is -2.35. The Morgan fingerprint density at radius 3 is 2.18 bits per heavy atom. The highest BCUT2D eigenvalue weighted by Gasteiger charge is 2.32. The minimum absolute atomic E-state index is 0.123. The monoisotopic (exact) mass is 448 g/mol. The lowest BCUT2D eigenvalue weighted by atomic mass is 10.0. The number of rotatable bonds is 9. The third-order valence-electron chi connectivity index (χ3n) is 5.51. The SMILES string of the molecule is CCC(Oc1nc(C)cc(C)n1)C(CC)N(CC)C(=O)c1ccc(C)nc1-c1ncccn1. The standard InChI is InChI=1S/C25H32N6O2/c1-7-20(21(8-2)33-25-29-17(5)15-18(6)30-25)31(9-3)24(32)19-12-11-16(4)28-22(19)23-26-13-10-14-27-23/h10-15,20-21H,7-9H2,1-6H3. The zero-order valence-electron chi connectivity index (χ0n) is 20.2. The quantitative estimate of drug-likeness (QED) is 0.480. The number of amides is 1. The number of carbonyl (C=O) groups is 1. The topological polar surface area (TPSA) is 94.0 Å². The van der Waals surface area contributed by atoms with Crippen molar-refractivity contribution in [2.24, 2.45) is 0 Å². The van der Waals surface area contributed by atoms with Gasteiger partial charge >= 0.3 is 6.01 Å². The summed E-state index contributed by atoms with van der Waals surface area (Å²) in [5.74, 6) is 0.309. The molecule has 0 fully saturated rings. The van der Waals surface area contributed by atoms with Crippen molar-refractivity contribution in [2.45, 2.75) is 66.5 Å². The molecule has 0 saturated heterocycles. The number of carbonyl (C=O) groups excluding carboxylic acids is 1. The first-order chi connectivity index (χ1) is 15.9. The number of nitrogens with zero attached hydrogens (tertiary/aromatic N) is 6. The fourth-order valence-corrected chi connectivity index (χ4v) is 4.00. The van der Waals surface area contributed by atoms with Gasteiger partial charge in [-0.2, -0.15) is 0 Å². The molecule has 0 N–H and O–H groups in total. The van der Waals surface area contributed by atoms with Crippen LogP contribution >= 0.6 is 0 Å². The number of aryl methyl sites for hydroxylation is 3. The van der Waals surface area contributed by atoms with Crippen molar-refractivity contribution in [2.75, 3.05) is 6.54 Å². The number of likely N-dealkylation sites (N-methyl/N-ethyl adjacent to an activating group) is 1. The molecule has 33 heavy (non-hydrogen) atoms. The Morgan fingerprint density at radius 2 is 1.61 bits per heavy atom. The summed E-state index contributed by atoms with van der Waals surface area (Å²) in [6.07, 6.45) is 4.48. The molecule has 2 unspecified atom stereocenters. The van der Waals surface area contributed by atoms with E-state index in [1.165, 1.54) is 0 Å². The van der Waals surface area contributed by atoms with Gasteiger partial charge in [0.1, 0.15) is 11.8 Å². The summed E-state index contributed by atoms with van der Waals surface area (Å²) >= 11 is 0. The first-order valence-electron chi connectivity index (χ1n) is 11.4. The number of pyridine rings is 1. The van der Waals surface area contributed by atoms with Crippen LogP contribution in [0.5, 0.6) is 6.01 Å². The van der Waals surface area contributed by atoms with Gasteiger partial charge in [0.05, 0.1) is 11.6 Å². The van der Waals surface area contributed by atoms with E-state index in [1.54, 1.807) is 24.5 Å². The summed E-state index contributed by atoms with van der Waals surface area (Å²) in [7, 11) is 0. The predicted molar refractivity (Wildman–Crippen MR) is 127 cm³/mol. The van der Waals surface area contributed by atoms with Gasteiger partial charge in [0.2, 0.25) is 0 Å². The Kier molecular flexibility index (Phi) is 8.03. The average molecular weight is 449 g/mol. The van der Waals surface area contributed by atoms with Crippen LogP contribution in [-0.2, 0) is 0 Å². The van der Waals surface area contributed by atoms with Gasteiger partial charge < -0.3 is 9.64 Å². The van der Waals surface area contributed by atoms with Crippen molar-refractivity contribution in [3.8, 4) is 17.5 Å². The van der Waals surface area contributed by atoms with Gasteiger partial charge in [-0.15, -0.1) is 0 Å². The van der Waals surface area contributed by atoms with E-state index in [9.17, 15) is 4.79 Å². The highest BCUT2D eigenvalue weighted by Crippen LogP contribution is 2.24. The predicted octanol–water partition coefficient (Wildman–Crippen LogP) is 4.35. The smallest absolute Gasteiger partial charge is 0.317 e. The lowest BCUT2D eigenvalue weighted by Crippen LogP contribution is -2.49. The van der Waals surface area contributed by atoms with Gasteiger partial charge in [0, 0.05) is 36.0 Å². The van der Waals surface area contributed by atoms with Crippen LogP contribution in [0.3, 0.4) is 0 Å². The first-order valence-corrected chi connectivity index (χ1v) is 11.4. The van der Waals surface area contributed by atoms with Gasteiger partial charge in [0.25, 0.3) is 5.91 Å². The maximum Gasteiger partial charge on any atom is 0.317 e. The van der Waals surface area contributed by atoms with E-state index in [0.717, 1.165) is 23.5 Å². The molecule has 174 valence electrons. The zero-order chi connectivity index (χ0) is 24.0. The summed E-state index contributed by atoms with van der Waals surface area (Å²) in [6, 6.07) is 7.47. The van der Waals surface area contributed by atoms with E-state index in [2.05, 4.69) is 31.8 Å². The normalized spacial score (nSPS) is 12.8. The van der Waals surface area contributed by atoms with Crippen LogP contribution in [0.25, 0.3) is 11.5 Å². The molecule has 3 aromatic heterocycles. The molecule has 0 bridgehead atoms. The first kappa shape index (κ1) is 24.2. The molecule has 8 nitrogen and oxygen atoms in total. The van der Waals surface area contributed by atoms with Crippen LogP contribution in [0.4, 0.5) is 0 Å². The molecular weight excluding hydrogens is 416 g/mol. The van der Waals surface area contributed by atoms with Crippen LogP contribution in [0.15, 0.2) is 36.7 Å². The molecule has 0 aliphatic carbocycles. The Labute approximate surface area is 195 Å². The molecule has 1 amide bonds. The number of aromatic nitrogens is 5. The molecule has 0 aliphatic heterocycles. The largest absolute Gasteiger partial charge is 0.458 e. The molecule has 0 aliphatic rings. The summed E-state index contributed by atoms with van der Waals surface area (Å²) in [4.78, 5) is 37.7. The summed E-state index contributed by atoms with van der Waals surface area (Å²) in [5.41, 5.74) is 3.46. The van der Waals surface area contributed by atoms with E-state index < -0.39 is 0 Å². The van der Waals surface area contributed by atoms with Crippen LogP contribution in [0.2, 0.25) is 0 Å². The van der Waals surface area contributed by atoms with Crippen LogP contribution < -0.4 is 4.74 Å². The molecule has 0 saturated carbocycles. The third kappa shape index (κ3) is 5.69. The Hall–Kier alpha value is -3.42. The van der Waals surface area contributed by atoms with Gasteiger partial charge in [-0.3, -0.25) is 4.79 Å². The lowest BCUT2D eigenvalue weighted by molar-refractivity contribution is 0.0401. The van der Waals surface area contributed by atoms with Gasteiger partial charge in [-0.1, -0.05) is 13.8 Å². The van der Waals surface area contributed by atoms with Gasteiger partial charge in [0.15, 0.2) is 5.82 Å². The Morgan fingerprint density at radius 1 is 0.939 bits per heavy atom. The molecular formula is C25H32N6O2. The van der Waals surface area contributed by atoms with Crippen LogP contribution in [0.1, 0.15) is 61.1 Å². The third-order valence-corrected chi connectivity index (χ3v) is 5.51. The Balaban J connectivity index is 1.95. The fraction of sp³-hybridized carbons (Fsp3) is 0.440. The second-order valence-corrected chi connectivity index (χ2v) is 7.99. The van der Waals surface area contributed by atoms with Crippen molar-refractivity contribution in [3.05, 3.63) is 59.3 Å². The Bertz CT molecular complexity index is 1070. The van der Waals surface area contributed by atoms with Crippen LogP contribution in [-0.4, -0.2) is 54.4 Å². The average Bonchev–Trinajstić information content (AvgIpc) is 2.80. The highest BCUT2D eigenvalue weighted by molar-refractivity contribution is 5.99. The summed E-state index contributed by atoms with van der Waals surface area (Å²) in [6.45, 7) is 12.3. The van der Waals surface area contributed by atoms with Crippen molar-refractivity contribution in [1.29, 1.82) is 0 Å². The van der Waals surface area contributed by atoms with E-state index in [-0.39, 0.29) is 18.1 Å². The molecule has 0 radical (unpaired) electrons. The fourth-order valence-electron chi connectivity index (χ4n) is 4.00. The molecule has 3 aromatic rings. The molecule has 8 heteroatoms. The molecule has 0 spiro atoms. The van der Waals surface area contributed by atoms with Crippen LogP contribution in [0, 0.1) is 20.8 Å². The minimum Gasteiger partial charge on any atom is -0.458 e. The van der Waals surface area contributed by atoms with E-state index >= 15 is 0 Å². The van der Waals surface area contributed by atoms with Crippen molar-refractivity contribution in [1.82, 2.24) is 29.8 Å².